The summed E-state index contributed by atoms with van der Waals surface area (Å²) < 4.78 is 6.39. The highest BCUT2D eigenvalue weighted by Crippen LogP contribution is 2.41. The molecule has 1 aromatic carbocycles. The Morgan fingerprint density at radius 3 is 2.46 bits per heavy atom. The Morgan fingerprint density at radius 1 is 0.974 bits per heavy atom. The lowest BCUT2D eigenvalue weighted by atomic mass is 9.92. The molecule has 0 saturated carbocycles. The molecule has 3 aliphatic rings. The van der Waals surface area contributed by atoms with Gasteiger partial charge in [-0.1, -0.05) is 12.1 Å². The van der Waals surface area contributed by atoms with E-state index in [4.69, 9.17) is 4.74 Å². The molecule has 1 aromatic heterocycles. The Labute approximate surface area is 234 Å². The summed E-state index contributed by atoms with van der Waals surface area (Å²) in [5.74, 6) is 1.08. The van der Waals surface area contributed by atoms with Crippen molar-refractivity contribution < 1.29 is 19.1 Å². The number of hydrogen-bond donors (Lipinski definition) is 2. The Balaban J connectivity index is 1.26. The number of urea groups is 1. The van der Waals surface area contributed by atoms with Gasteiger partial charge in [-0.3, -0.25) is 19.8 Å². The van der Waals surface area contributed by atoms with E-state index in [9.17, 15) is 14.4 Å². The molecule has 212 valence electrons. The average molecular weight is 556 g/mol. The van der Waals surface area contributed by atoms with Crippen LogP contribution in [0, 0.1) is 5.92 Å². The summed E-state index contributed by atoms with van der Waals surface area (Å²) in [7, 11) is 1.61. The molecule has 4 heterocycles. The quantitative estimate of drug-likeness (QED) is 0.552. The van der Waals surface area contributed by atoms with Crippen LogP contribution in [0.2, 0.25) is 0 Å². The van der Waals surface area contributed by atoms with Crippen molar-refractivity contribution in [2.24, 2.45) is 5.92 Å². The Morgan fingerprint density at radius 2 is 1.74 bits per heavy atom. The molecule has 3 fully saturated rings. The van der Waals surface area contributed by atoms with Crippen molar-refractivity contribution in [2.75, 3.05) is 58.2 Å². The fourth-order valence-corrected chi connectivity index (χ4v) is 7.55. The molecule has 1 atom stereocenters. The summed E-state index contributed by atoms with van der Waals surface area (Å²) in [6, 6.07) is 5.73. The summed E-state index contributed by atoms with van der Waals surface area (Å²) in [6.45, 7) is 7.36. The van der Waals surface area contributed by atoms with E-state index in [1.807, 2.05) is 30.0 Å². The molecule has 39 heavy (non-hydrogen) atoms. The number of nitrogens with one attached hydrogen (secondary N) is 2. The maximum Gasteiger partial charge on any atom is 0.319 e. The van der Waals surface area contributed by atoms with E-state index in [1.54, 1.807) is 7.11 Å². The second-order valence-electron chi connectivity index (χ2n) is 10.9. The van der Waals surface area contributed by atoms with E-state index < -0.39 is 0 Å². The molecule has 10 heteroatoms. The Hall–Kier alpha value is -2.85. The van der Waals surface area contributed by atoms with Gasteiger partial charge < -0.3 is 19.9 Å². The number of likely N-dealkylation sites (tertiary alicyclic amines) is 3. The highest BCUT2D eigenvalue weighted by Gasteiger charge is 2.35. The summed E-state index contributed by atoms with van der Waals surface area (Å²) >= 11 is 1.37. The number of benzene rings is 1. The van der Waals surface area contributed by atoms with Gasteiger partial charge in [-0.2, -0.15) is 0 Å². The van der Waals surface area contributed by atoms with Gasteiger partial charge in [-0.25, -0.2) is 4.79 Å². The van der Waals surface area contributed by atoms with Crippen LogP contribution < -0.4 is 15.4 Å². The van der Waals surface area contributed by atoms with Crippen molar-refractivity contribution in [3.63, 3.8) is 0 Å². The summed E-state index contributed by atoms with van der Waals surface area (Å²) in [6.07, 6.45) is 7.31. The van der Waals surface area contributed by atoms with Gasteiger partial charge in [0, 0.05) is 50.7 Å². The van der Waals surface area contributed by atoms with Crippen molar-refractivity contribution in [2.45, 2.75) is 57.9 Å². The van der Waals surface area contributed by atoms with Gasteiger partial charge in [-0.05, 0) is 64.5 Å². The minimum Gasteiger partial charge on any atom is -0.495 e. The van der Waals surface area contributed by atoms with Crippen LogP contribution in [-0.2, 0) is 4.79 Å². The topological polar surface area (TPSA) is 94.2 Å². The largest absolute Gasteiger partial charge is 0.495 e. The van der Waals surface area contributed by atoms with Crippen LogP contribution in [-0.4, -0.2) is 91.5 Å². The van der Waals surface area contributed by atoms with Crippen molar-refractivity contribution >= 4 is 44.3 Å². The first-order valence-electron chi connectivity index (χ1n) is 14.5. The van der Waals surface area contributed by atoms with E-state index in [0.717, 1.165) is 74.8 Å². The number of ether oxygens (including phenoxy) is 1. The maximum absolute atomic E-state index is 13.9. The predicted octanol–water partition coefficient (Wildman–Crippen LogP) is 4.38. The van der Waals surface area contributed by atoms with Gasteiger partial charge in [0.25, 0.3) is 5.91 Å². The zero-order valence-electron chi connectivity index (χ0n) is 23.2. The molecule has 0 bridgehead atoms. The van der Waals surface area contributed by atoms with Gasteiger partial charge in [0.15, 0.2) is 0 Å². The van der Waals surface area contributed by atoms with Gasteiger partial charge in [0.05, 0.1) is 23.3 Å². The van der Waals surface area contributed by atoms with Crippen LogP contribution in [0.1, 0.15) is 62.2 Å². The van der Waals surface area contributed by atoms with E-state index in [-0.39, 0.29) is 17.9 Å². The van der Waals surface area contributed by atoms with Crippen LogP contribution in [0.3, 0.4) is 0 Å². The number of carbonyl (C=O) groups excluding carboxylic acids is 3. The minimum atomic E-state index is -0.325. The number of amides is 4. The first-order valence-corrected chi connectivity index (χ1v) is 15.3. The molecular formula is C29H41N5O4S. The van der Waals surface area contributed by atoms with Crippen molar-refractivity contribution in [3.8, 4) is 5.75 Å². The number of nitrogens with zero attached hydrogens (tertiary/aromatic N) is 3. The second-order valence-corrected chi connectivity index (χ2v) is 11.9. The lowest BCUT2D eigenvalue weighted by Gasteiger charge is -2.43. The Bertz CT molecular complexity index is 1190. The minimum absolute atomic E-state index is 0.0588. The first kappa shape index (κ1) is 27.7. The molecule has 3 aliphatic heterocycles. The lowest BCUT2D eigenvalue weighted by Crippen LogP contribution is -2.52. The number of piperidine rings is 3. The van der Waals surface area contributed by atoms with Gasteiger partial charge in [0.2, 0.25) is 5.91 Å². The van der Waals surface area contributed by atoms with Gasteiger partial charge >= 0.3 is 6.03 Å². The maximum atomic E-state index is 13.9. The Kier molecular flexibility index (Phi) is 8.92. The number of carbonyl (C=O) groups is 3. The molecule has 5 rings (SSSR count). The van der Waals surface area contributed by atoms with Gasteiger partial charge in [0.1, 0.15) is 10.8 Å². The number of thiophene rings is 1. The third-order valence-corrected chi connectivity index (χ3v) is 9.55. The van der Waals surface area contributed by atoms with Crippen LogP contribution >= 0.6 is 11.3 Å². The third kappa shape index (κ3) is 6.01. The van der Waals surface area contributed by atoms with Crippen LogP contribution in [0.25, 0.3) is 10.1 Å². The third-order valence-electron chi connectivity index (χ3n) is 8.42. The molecule has 0 aliphatic carbocycles. The van der Waals surface area contributed by atoms with Crippen molar-refractivity contribution in [3.05, 3.63) is 23.8 Å². The average Bonchev–Trinajstić information content (AvgIpc) is 3.35. The number of fused-ring (bicyclic) bond motifs is 1. The fraction of sp³-hybridized carbons (Fsp3) is 0.621. The molecule has 1 unspecified atom stereocenters. The highest BCUT2D eigenvalue weighted by atomic mass is 32.1. The molecular weight excluding hydrogens is 514 g/mol. The molecule has 0 radical (unpaired) electrons. The summed E-state index contributed by atoms with van der Waals surface area (Å²) in [4.78, 5) is 45.9. The molecule has 4 amide bonds. The van der Waals surface area contributed by atoms with Crippen molar-refractivity contribution in [1.82, 2.24) is 20.0 Å². The SMILES string of the molecule is CCNC(=O)Nc1sc2c(OC)cccc2c1C(=O)N1CCC(N2CCCC(C(=O)N3CCCCC3)C2)CC1. The van der Waals surface area contributed by atoms with Gasteiger partial charge in [-0.15, -0.1) is 11.3 Å². The van der Waals surface area contributed by atoms with Crippen LogP contribution in [0.5, 0.6) is 5.75 Å². The number of methoxy groups -OCH3 is 1. The normalized spacial score (nSPS) is 21.1. The van der Waals surface area contributed by atoms with Crippen molar-refractivity contribution in [1.29, 1.82) is 0 Å². The molecule has 2 N–H and O–H groups in total. The predicted molar refractivity (Wildman–Crippen MR) is 155 cm³/mol. The zero-order valence-corrected chi connectivity index (χ0v) is 24.0. The smallest absolute Gasteiger partial charge is 0.319 e. The van der Waals surface area contributed by atoms with Crippen LogP contribution in [0.15, 0.2) is 18.2 Å². The van der Waals surface area contributed by atoms with E-state index in [1.165, 1.54) is 17.8 Å². The molecule has 9 nitrogen and oxygen atoms in total. The standard InChI is InChI=1S/C29H41N5O4S/c1-3-30-29(37)31-26-24(22-10-7-11-23(38-2)25(22)39-26)28(36)33-17-12-21(13-18-33)34-16-8-9-20(19-34)27(35)32-14-5-4-6-15-32/h7,10-11,20-21H,3-6,8-9,12-19H2,1-2H3,(H2,30,31,37). The fourth-order valence-electron chi connectivity index (χ4n) is 6.37. The summed E-state index contributed by atoms with van der Waals surface area (Å²) in [5, 5.41) is 6.99. The molecule has 3 saturated heterocycles. The van der Waals surface area contributed by atoms with E-state index in [2.05, 4.69) is 20.4 Å². The lowest BCUT2D eigenvalue weighted by molar-refractivity contribution is -0.138. The van der Waals surface area contributed by atoms with E-state index >= 15 is 0 Å². The molecule has 0 spiro atoms. The number of anilines is 1. The monoisotopic (exact) mass is 555 g/mol. The first-order chi connectivity index (χ1) is 19.0. The zero-order chi connectivity index (χ0) is 27.4. The number of rotatable bonds is 6. The number of hydrogen-bond acceptors (Lipinski definition) is 6. The van der Waals surface area contributed by atoms with E-state index in [0.29, 0.717) is 47.9 Å². The van der Waals surface area contributed by atoms with Crippen LogP contribution in [0.4, 0.5) is 9.80 Å². The molecule has 2 aromatic rings. The highest BCUT2D eigenvalue weighted by molar-refractivity contribution is 7.23. The second kappa shape index (κ2) is 12.6. The summed E-state index contributed by atoms with van der Waals surface area (Å²) in [5.41, 5.74) is 0.531.